The summed E-state index contributed by atoms with van der Waals surface area (Å²) in [6.07, 6.45) is -1.31. The number of halogens is 3. The van der Waals surface area contributed by atoms with Crippen LogP contribution >= 0.6 is 0 Å². The van der Waals surface area contributed by atoms with Crippen molar-refractivity contribution in [3.8, 4) is 5.75 Å². The number of benzene rings is 1. The minimum absolute atomic E-state index is 0.201. The SMILES string of the molecule is FC(F)(F)Oc1ccc(CN2CCN(c3cnn4cnnc4c3)CC2)cc1. The molecule has 10 heteroatoms. The number of alkyl halides is 3. The Bertz CT molecular complexity index is 903. The summed E-state index contributed by atoms with van der Waals surface area (Å²) in [7, 11) is 0. The van der Waals surface area contributed by atoms with E-state index in [-0.39, 0.29) is 5.75 Å². The number of fused-ring (bicyclic) bond motifs is 1. The van der Waals surface area contributed by atoms with Gasteiger partial charge in [-0.05, 0) is 17.7 Å². The molecule has 0 aliphatic carbocycles. The molecule has 1 aliphatic heterocycles. The highest BCUT2D eigenvalue weighted by molar-refractivity contribution is 5.53. The average molecular weight is 378 g/mol. The zero-order valence-electron chi connectivity index (χ0n) is 14.3. The lowest BCUT2D eigenvalue weighted by molar-refractivity contribution is -0.274. The summed E-state index contributed by atoms with van der Waals surface area (Å²) in [5, 5.41) is 12.1. The van der Waals surface area contributed by atoms with Gasteiger partial charge in [-0.25, -0.2) is 4.52 Å². The Hall–Kier alpha value is -2.88. The molecular weight excluding hydrogens is 361 g/mol. The molecule has 0 spiro atoms. The molecule has 0 bridgehead atoms. The Labute approximate surface area is 153 Å². The third-order valence-corrected chi connectivity index (χ3v) is 4.45. The van der Waals surface area contributed by atoms with Gasteiger partial charge < -0.3 is 9.64 Å². The van der Waals surface area contributed by atoms with Crippen LogP contribution in [-0.4, -0.2) is 57.3 Å². The number of ether oxygens (including phenoxy) is 1. The molecule has 7 nitrogen and oxygen atoms in total. The second kappa shape index (κ2) is 7.03. The van der Waals surface area contributed by atoms with E-state index in [4.69, 9.17) is 0 Å². The van der Waals surface area contributed by atoms with E-state index >= 15 is 0 Å². The van der Waals surface area contributed by atoms with E-state index in [1.165, 1.54) is 12.1 Å². The van der Waals surface area contributed by atoms with Crippen LogP contribution in [0.2, 0.25) is 0 Å². The van der Waals surface area contributed by atoms with E-state index in [1.54, 1.807) is 29.2 Å². The molecule has 0 radical (unpaired) electrons. The predicted octanol–water partition coefficient (Wildman–Crippen LogP) is 2.35. The first-order valence-electron chi connectivity index (χ1n) is 8.44. The molecule has 1 fully saturated rings. The fourth-order valence-corrected chi connectivity index (χ4v) is 3.11. The lowest BCUT2D eigenvalue weighted by Gasteiger charge is -2.35. The fraction of sp³-hybridized carbons (Fsp3) is 0.353. The third kappa shape index (κ3) is 4.27. The zero-order chi connectivity index (χ0) is 18.9. The first-order valence-corrected chi connectivity index (χ1v) is 8.44. The lowest BCUT2D eigenvalue weighted by atomic mass is 10.2. The highest BCUT2D eigenvalue weighted by Crippen LogP contribution is 2.23. The van der Waals surface area contributed by atoms with Crippen LogP contribution in [0.25, 0.3) is 5.65 Å². The number of anilines is 1. The van der Waals surface area contributed by atoms with Crippen molar-refractivity contribution in [3.63, 3.8) is 0 Å². The van der Waals surface area contributed by atoms with Crippen molar-refractivity contribution in [1.82, 2.24) is 24.7 Å². The smallest absolute Gasteiger partial charge is 0.406 e. The van der Waals surface area contributed by atoms with Gasteiger partial charge in [0.15, 0.2) is 5.65 Å². The molecule has 1 aromatic carbocycles. The number of hydrogen-bond donors (Lipinski definition) is 0. The molecule has 3 aromatic rings. The molecule has 1 aliphatic rings. The summed E-state index contributed by atoms with van der Waals surface area (Å²) in [5.41, 5.74) is 2.66. The highest BCUT2D eigenvalue weighted by Gasteiger charge is 2.31. The summed E-state index contributed by atoms with van der Waals surface area (Å²) < 4.78 is 42.1. The molecule has 1 saturated heterocycles. The topological polar surface area (TPSA) is 58.8 Å². The van der Waals surface area contributed by atoms with Crippen LogP contribution in [-0.2, 0) is 6.54 Å². The monoisotopic (exact) mass is 378 g/mol. The molecule has 0 saturated carbocycles. The van der Waals surface area contributed by atoms with Crippen molar-refractivity contribution in [3.05, 3.63) is 48.4 Å². The second-order valence-electron chi connectivity index (χ2n) is 6.30. The van der Waals surface area contributed by atoms with Crippen LogP contribution in [0.4, 0.5) is 18.9 Å². The minimum Gasteiger partial charge on any atom is -0.406 e. The van der Waals surface area contributed by atoms with Gasteiger partial charge >= 0.3 is 6.36 Å². The maximum atomic E-state index is 12.2. The number of aromatic nitrogens is 4. The molecule has 2 aromatic heterocycles. The molecule has 4 rings (SSSR count). The largest absolute Gasteiger partial charge is 0.573 e. The van der Waals surface area contributed by atoms with Crippen molar-refractivity contribution in [2.24, 2.45) is 0 Å². The number of hydrogen-bond acceptors (Lipinski definition) is 6. The Morgan fingerprint density at radius 2 is 1.78 bits per heavy atom. The van der Waals surface area contributed by atoms with Crippen LogP contribution in [0.5, 0.6) is 5.75 Å². The Morgan fingerprint density at radius 1 is 1.04 bits per heavy atom. The van der Waals surface area contributed by atoms with Crippen molar-refractivity contribution in [2.75, 3.05) is 31.1 Å². The Balaban J connectivity index is 1.32. The molecule has 0 unspecified atom stereocenters. The summed E-state index contributed by atoms with van der Waals surface area (Å²) in [6.45, 7) is 4.04. The van der Waals surface area contributed by atoms with Gasteiger partial charge in [0, 0.05) is 38.8 Å². The van der Waals surface area contributed by atoms with Gasteiger partial charge in [-0.3, -0.25) is 4.90 Å². The van der Waals surface area contributed by atoms with Gasteiger partial charge in [0.25, 0.3) is 0 Å². The van der Waals surface area contributed by atoms with Crippen molar-refractivity contribution < 1.29 is 17.9 Å². The van der Waals surface area contributed by atoms with Gasteiger partial charge in [0.2, 0.25) is 0 Å². The summed E-state index contributed by atoms with van der Waals surface area (Å²) in [6, 6.07) is 7.97. The standard InChI is InChI=1S/C17H17F3N6O/c18-17(19,20)27-15-3-1-13(2-4-15)11-24-5-7-25(8-6-24)14-9-16-23-21-12-26(16)22-10-14/h1-4,9-10,12H,5-8,11H2. The average Bonchev–Trinajstić information content (AvgIpc) is 3.10. The summed E-state index contributed by atoms with van der Waals surface area (Å²) >= 11 is 0. The van der Waals surface area contributed by atoms with Gasteiger partial charge in [-0.2, -0.15) is 5.10 Å². The molecule has 3 heterocycles. The van der Waals surface area contributed by atoms with E-state index in [9.17, 15) is 13.2 Å². The van der Waals surface area contributed by atoms with E-state index < -0.39 is 6.36 Å². The molecular formula is C17H17F3N6O. The van der Waals surface area contributed by atoms with E-state index in [2.05, 4.69) is 29.8 Å². The van der Waals surface area contributed by atoms with Crippen LogP contribution in [0, 0.1) is 0 Å². The normalized spacial score (nSPS) is 16.0. The zero-order valence-corrected chi connectivity index (χ0v) is 14.3. The van der Waals surface area contributed by atoms with Crippen molar-refractivity contribution in [1.29, 1.82) is 0 Å². The number of rotatable bonds is 4. The van der Waals surface area contributed by atoms with Crippen LogP contribution < -0.4 is 9.64 Å². The molecule has 0 amide bonds. The van der Waals surface area contributed by atoms with Crippen LogP contribution in [0.1, 0.15) is 5.56 Å². The van der Waals surface area contributed by atoms with Crippen LogP contribution in [0.15, 0.2) is 42.9 Å². The molecule has 142 valence electrons. The first-order chi connectivity index (χ1) is 13.0. The molecule has 0 atom stereocenters. The van der Waals surface area contributed by atoms with Gasteiger partial charge in [-0.1, -0.05) is 12.1 Å². The lowest BCUT2D eigenvalue weighted by Crippen LogP contribution is -2.46. The first kappa shape index (κ1) is 17.5. The maximum Gasteiger partial charge on any atom is 0.573 e. The van der Waals surface area contributed by atoms with Crippen LogP contribution in [0.3, 0.4) is 0 Å². The van der Waals surface area contributed by atoms with E-state index in [0.717, 1.165) is 37.4 Å². The van der Waals surface area contributed by atoms with E-state index in [1.807, 2.05) is 6.07 Å². The molecule has 27 heavy (non-hydrogen) atoms. The Kier molecular flexibility index (Phi) is 4.56. The quantitative estimate of drug-likeness (QED) is 0.695. The van der Waals surface area contributed by atoms with Crippen molar-refractivity contribution in [2.45, 2.75) is 12.9 Å². The predicted molar refractivity (Wildman–Crippen MR) is 91.4 cm³/mol. The third-order valence-electron chi connectivity index (χ3n) is 4.45. The summed E-state index contributed by atoms with van der Waals surface area (Å²) in [4.78, 5) is 4.50. The van der Waals surface area contributed by atoms with Gasteiger partial charge in [0.05, 0.1) is 11.9 Å². The number of piperazine rings is 1. The maximum absolute atomic E-state index is 12.2. The van der Waals surface area contributed by atoms with Gasteiger partial charge in [-0.15, -0.1) is 23.4 Å². The fourth-order valence-electron chi connectivity index (χ4n) is 3.11. The minimum atomic E-state index is -4.66. The summed E-state index contributed by atoms with van der Waals surface area (Å²) in [5.74, 6) is -0.201. The highest BCUT2D eigenvalue weighted by atomic mass is 19.4. The second-order valence-corrected chi connectivity index (χ2v) is 6.30. The Morgan fingerprint density at radius 3 is 2.48 bits per heavy atom. The van der Waals surface area contributed by atoms with Gasteiger partial charge in [0.1, 0.15) is 12.1 Å². The number of nitrogens with zero attached hydrogens (tertiary/aromatic N) is 6. The van der Waals surface area contributed by atoms with E-state index in [0.29, 0.717) is 12.2 Å². The molecule has 0 N–H and O–H groups in total. The van der Waals surface area contributed by atoms with Crippen molar-refractivity contribution >= 4 is 11.3 Å².